The Hall–Kier alpha value is -3.40. The van der Waals surface area contributed by atoms with E-state index in [-0.39, 0.29) is 22.7 Å². The van der Waals surface area contributed by atoms with E-state index in [0.29, 0.717) is 16.8 Å². The van der Waals surface area contributed by atoms with Crippen molar-refractivity contribution in [3.63, 3.8) is 0 Å². The molecule has 31 heavy (non-hydrogen) atoms. The van der Waals surface area contributed by atoms with Crippen LogP contribution in [0.4, 0.5) is 9.80 Å². The molecule has 0 aliphatic carbocycles. The molecule has 0 aliphatic heterocycles. The number of methoxy groups -OCH3 is 1. The fourth-order valence-corrected chi connectivity index (χ4v) is 3.71. The number of aromatic nitrogens is 2. The number of nitrogens with one attached hydrogen (secondary N) is 1. The summed E-state index contributed by atoms with van der Waals surface area (Å²) in [5.41, 5.74) is -0.813. The van der Waals surface area contributed by atoms with Crippen LogP contribution in [0.2, 0.25) is 0 Å². The van der Waals surface area contributed by atoms with Crippen molar-refractivity contribution in [2.75, 3.05) is 19.0 Å². The number of nitrogens with zero attached hydrogens (tertiary/aromatic N) is 2. The van der Waals surface area contributed by atoms with Gasteiger partial charge in [-0.3, -0.25) is 10.1 Å². The highest BCUT2D eigenvalue weighted by Gasteiger charge is 2.24. The Morgan fingerprint density at radius 2 is 1.87 bits per heavy atom. The molecule has 1 aromatic carbocycles. The van der Waals surface area contributed by atoms with Gasteiger partial charge < -0.3 is 14.2 Å². The van der Waals surface area contributed by atoms with Crippen LogP contribution >= 0.6 is 11.3 Å². The van der Waals surface area contributed by atoms with Crippen LogP contribution in [0.3, 0.4) is 0 Å². The van der Waals surface area contributed by atoms with Crippen molar-refractivity contribution in [2.45, 2.75) is 33.3 Å². The number of amides is 1. The number of anilines is 1. The van der Waals surface area contributed by atoms with Gasteiger partial charge in [0.1, 0.15) is 16.4 Å². The topological polar surface area (TPSA) is 109 Å². The first-order valence-corrected chi connectivity index (χ1v) is 10.4. The van der Waals surface area contributed by atoms with Gasteiger partial charge in [-0.15, -0.1) is 11.3 Å². The second-order valence-electron chi connectivity index (χ2n) is 7.46. The smallest absolute Gasteiger partial charge is 0.412 e. The number of carbonyl (C=O) groups excluding carboxylic acids is 2. The summed E-state index contributed by atoms with van der Waals surface area (Å²) in [4.78, 5) is 38.1. The molecule has 0 atom stereocenters. The first kappa shape index (κ1) is 22.3. The van der Waals surface area contributed by atoms with Crippen LogP contribution in [0.1, 0.15) is 38.2 Å². The van der Waals surface area contributed by atoms with Crippen LogP contribution in [-0.4, -0.2) is 41.2 Å². The lowest BCUT2D eigenvalue weighted by atomic mass is 10.2. The van der Waals surface area contributed by atoms with E-state index in [1.807, 2.05) is 0 Å². The predicted molar refractivity (Wildman–Crippen MR) is 118 cm³/mol. The summed E-state index contributed by atoms with van der Waals surface area (Å²) in [7, 11) is 1.53. The molecule has 0 fully saturated rings. The van der Waals surface area contributed by atoms with Crippen molar-refractivity contribution in [1.29, 1.82) is 0 Å². The number of carbonyl (C=O) groups is 2. The fourth-order valence-electron chi connectivity index (χ4n) is 2.79. The van der Waals surface area contributed by atoms with Gasteiger partial charge in [0.25, 0.3) is 5.56 Å². The van der Waals surface area contributed by atoms with Gasteiger partial charge in [-0.1, -0.05) is 0 Å². The van der Waals surface area contributed by atoms with Gasteiger partial charge in [-0.05, 0) is 52.0 Å². The van der Waals surface area contributed by atoms with Crippen LogP contribution in [0.25, 0.3) is 16.5 Å². The SMILES string of the molecule is CCOC(=O)c1nn(-c2ccc(OC)cc2)c(=O)c2c(NC(=O)OC(C)(C)C)scc12. The van der Waals surface area contributed by atoms with E-state index >= 15 is 0 Å². The van der Waals surface area contributed by atoms with Gasteiger partial charge in [-0.25, -0.2) is 9.59 Å². The summed E-state index contributed by atoms with van der Waals surface area (Å²) >= 11 is 1.10. The lowest BCUT2D eigenvalue weighted by molar-refractivity contribution is 0.0519. The number of hydrogen-bond donors (Lipinski definition) is 1. The molecule has 164 valence electrons. The van der Waals surface area contributed by atoms with E-state index in [2.05, 4.69) is 10.4 Å². The minimum atomic E-state index is -0.710. The maximum atomic E-state index is 13.3. The molecule has 3 aromatic rings. The van der Waals surface area contributed by atoms with Gasteiger partial charge in [0, 0.05) is 10.8 Å². The van der Waals surface area contributed by atoms with E-state index < -0.39 is 23.2 Å². The van der Waals surface area contributed by atoms with Crippen LogP contribution in [-0.2, 0) is 9.47 Å². The van der Waals surface area contributed by atoms with E-state index in [1.54, 1.807) is 57.3 Å². The quantitative estimate of drug-likeness (QED) is 0.592. The number of thiophene rings is 1. The summed E-state index contributed by atoms with van der Waals surface area (Å²) < 4.78 is 16.6. The van der Waals surface area contributed by atoms with Crippen molar-refractivity contribution in [3.8, 4) is 11.4 Å². The van der Waals surface area contributed by atoms with Gasteiger partial charge >= 0.3 is 12.1 Å². The Kier molecular flexibility index (Phi) is 6.30. The summed E-state index contributed by atoms with van der Waals surface area (Å²) in [6, 6.07) is 6.62. The number of fused-ring (bicyclic) bond motifs is 1. The Morgan fingerprint density at radius 3 is 2.45 bits per heavy atom. The maximum absolute atomic E-state index is 13.3. The summed E-state index contributed by atoms with van der Waals surface area (Å²) in [6.07, 6.45) is -0.707. The number of ether oxygens (including phenoxy) is 3. The van der Waals surface area contributed by atoms with Crippen molar-refractivity contribution < 1.29 is 23.8 Å². The first-order chi connectivity index (χ1) is 14.6. The van der Waals surface area contributed by atoms with Crippen molar-refractivity contribution in [1.82, 2.24) is 9.78 Å². The Morgan fingerprint density at radius 1 is 1.19 bits per heavy atom. The molecule has 0 spiro atoms. The molecule has 1 amide bonds. The average Bonchev–Trinajstić information content (AvgIpc) is 3.11. The molecular weight excluding hydrogens is 422 g/mol. The minimum absolute atomic E-state index is 0.0271. The molecule has 0 bridgehead atoms. The second kappa shape index (κ2) is 8.76. The van der Waals surface area contributed by atoms with E-state index in [0.717, 1.165) is 16.0 Å². The van der Waals surface area contributed by atoms with E-state index in [1.165, 1.54) is 7.11 Å². The van der Waals surface area contributed by atoms with Crippen LogP contribution in [0.15, 0.2) is 34.4 Å². The zero-order chi connectivity index (χ0) is 22.8. The molecule has 2 aromatic heterocycles. The molecule has 10 heteroatoms. The Bertz CT molecular complexity index is 1170. The summed E-state index contributed by atoms with van der Waals surface area (Å²) in [5.74, 6) is -0.0670. The Labute approximate surface area is 182 Å². The van der Waals surface area contributed by atoms with E-state index in [9.17, 15) is 14.4 Å². The molecule has 0 radical (unpaired) electrons. The highest BCUT2D eigenvalue weighted by Crippen LogP contribution is 2.31. The normalized spacial score (nSPS) is 11.3. The largest absolute Gasteiger partial charge is 0.497 e. The first-order valence-electron chi connectivity index (χ1n) is 9.50. The number of benzene rings is 1. The van der Waals surface area contributed by atoms with Crippen LogP contribution in [0.5, 0.6) is 5.75 Å². The number of hydrogen-bond acceptors (Lipinski definition) is 8. The van der Waals surface area contributed by atoms with Crippen molar-refractivity contribution in [3.05, 3.63) is 45.7 Å². The zero-order valence-corrected chi connectivity index (χ0v) is 18.7. The zero-order valence-electron chi connectivity index (χ0n) is 17.8. The van der Waals surface area contributed by atoms with Crippen molar-refractivity contribution >= 4 is 39.2 Å². The van der Waals surface area contributed by atoms with Crippen LogP contribution in [0, 0.1) is 0 Å². The fraction of sp³-hybridized carbons (Fsp3) is 0.333. The molecule has 0 aliphatic rings. The van der Waals surface area contributed by atoms with Gasteiger partial charge in [-0.2, -0.15) is 9.78 Å². The summed E-state index contributed by atoms with van der Waals surface area (Å²) in [6.45, 7) is 7.03. The Balaban J connectivity index is 2.18. The second-order valence-corrected chi connectivity index (χ2v) is 8.34. The molecule has 9 nitrogen and oxygen atoms in total. The lowest BCUT2D eigenvalue weighted by Crippen LogP contribution is -2.28. The highest BCUT2D eigenvalue weighted by atomic mass is 32.1. The molecular formula is C21H23N3O6S. The highest BCUT2D eigenvalue weighted by molar-refractivity contribution is 7.16. The molecule has 2 heterocycles. The van der Waals surface area contributed by atoms with Crippen LogP contribution < -0.4 is 15.6 Å². The predicted octanol–water partition coefficient (Wildman–Crippen LogP) is 3.98. The number of esters is 1. The average molecular weight is 445 g/mol. The standard InChI is InChI=1S/C21H23N3O6S/c1-6-29-19(26)16-14-11-31-17(22-20(27)30-21(2,3)4)15(14)18(25)24(23-16)12-7-9-13(28-5)10-8-12/h7-11H,6H2,1-5H3,(H,22,27). The molecule has 0 saturated heterocycles. The molecule has 0 unspecified atom stereocenters. The third kappa shape index (κ3) is 4.85. The van der Waals surface area contributed by atoms with Gasteiger partial charge in [0.15, 0.2) is 5.69 Å². The van der Waals surface area contributed by atoms with Crippen molar-refractivity contribution in [2.24, 2.45) is 0 Å². The van der Waals surface area contributed by atoms with E-state index in [4.69, 9.17) is 14.2 Å². The lowest BCUT2D eigenvalue weighted by Gasteiger charge is -2.19. The summed E-state index contributed by atoms with van der Waals surface area (Å²) in [5, 5.41) is 9.13. The maximum Gasteiger partial charge on any atom is 0.412 e. The third-order valence-electron chi connectivity index (χ3n) is 4.05. The monoisotopic (exact) mass is 445 g/mol. The number of rotatable bonds is 5. The molecule has 1 N–H and O–H groups in total. The third-order valence-corrected chi connectivity index (χ3v) is 4.95. The molecule has 3 rings (SSSR count). The van der Waals surface area contributed by atoms with Gasteiger partial charge in [0.05, 0.1) is 24.8 Å². The molecule has 0 saturated carbocycles. The van der Waals surface area contributed by atoms with Gasteiger partial charge in [0.2, 0.25) is 0 Å². The minimum Gasteiger partial charge on any atom is -0.497 e.